The normalized spacial score (nSPS) is 11.6. The first kappa shape index (κ1) is 91.4. The van der Waals surface area contributed by atoms with Crippen LogP contribution in [0.4, 0.5) is 4.39 Å². The quantitative estimate of drug-likeness (QED) is 0.0157. The summed E-state index contributed by atoms with van der Waals surface area (Å²) >= 11 is 6.10. The summed E-state index contributed by atoms with van der Waals surface area (Å²) in [5.41, 5.74) is 6.87. The molecule has 0 saturated carbocycles. The first-order valence-electron chi connectivity index (χ1n) is 37.5. The van der Waals surface area contributed by atoms with E-state index in [2.05, 4.69) is 61.4 Å². The predicted molar refractivity (Wildman–Crippen MR) is 437 cm³/mol. The molecular weight excluding hydrogens is 1530 g/mol. The van der Waals surface area contributed by atoms with E-state index in [0.717, 1.165) is 11.3 Å². The summed E-state index contributed by atoms with van der Waals surface area (Å²) in [5.74, 6) is -0.847. The molecule has 9 aromatic rings. The van der Waals surface area contributed by atoms with E-state index in [0.29, 0.717) is 104 Å². The molecular formula is C85H102ClFN12O18. The molecule has 6 N–H and O–H groups in total. The molecule has 9 rings (SSSR count). The number of nitrogens with zero attached hydrogens (tertiary/aromatic N) is 6. The Hall–Kier alpha value is -12.8. The SMILES string of the molecule is COC(=O)CNC(=O)C[C@H](CC(C)C)NC(=O)c1cc(-c2c(OC)cccc2OC)n(-c2ccc(C)cc2)n1.COC(=O)CNC(=O)C[C@H](CC(C)C)NC(=O)c1cc(-c2c(OC)cccc2OC)n(-c2ccc(Cl)cc2)n1.COC(=O)CNC(=O)C[C@H](CC(C)C)NC(=O)c1cc(-c2c(OC)cccc2OC)n(-c2ccc(F)cc2)n1. The number of carbonyl (C=O) groups excluding carboxylic acids is 9. The number of aromatic nitrogens is 6. The van der Waals surface area contributed by atoms with Crippen LogP contribution in [-0.2, 0) is 43.0 Å². The van der Waals surface area contributed by atoms with Gasteiger partial charge in [-0.3, -0.25) is 43.2 Å². The van der Waals surface area contributed by atoms with Gasteiger partial charge in [-0.25, -0.2) is 18.4 Å². The lowest BCUT2D eigenvalue weighted by atomic mass is 10.0. The highest BCUT2D eigenvalue weighted by Gasteiger charge is 2.30. The summed E-state index contributed by atoms with van der Waals surface area (Å²) in [5, 5.41) is 30.7. The van der Waals surface area contributed by atoms with Crippen molar-refractivity contribution >= 4 is 65.0 Å². The molecule has 624 valence electrons. The molecule has 0 aliphatic rings. The van der Waals surface area contributed by atoms with Gasteiger partial charge < -0.3 is 74.5 Å². The van der Waals surface area contributed by atoms with Crippen molar-refractivity contribution in [1.29, 1.82) is 0 Å². The number of amides is 6. The standard InChI is InChI=1S/C29H36N4O6.C28H33ClN4O6.C28H33FN4O6/c1-18(2)14-20(15-26(34)30-17-27(35)39-6)31-29(36)22-16-23(28-24(37-4)8-7-9-25(28)38-5)33(32-22)21-12-10-19(3)11-13-21;2*1-17(2)13-19(14-25(34)30-16-26(35)39-5)31-28(36)21-15-22(27-23(37-3)7-6-8-24(27)38-4)33(32-21)20-11-9-18(29)10-12-20/h7-13,16,18,20H,14-15,17H2,1-6H3,(H,30,34)(H,31,36);2*6-12,15,17,19H,13-14,16H2,1-5H3,(H,30,34)(H,31,36)/t20-;2*19-/m000/s1. The van der Waals surface area contributed by atoms with E-state index in [4.69, 9.17) is 40.0 Å². The lowest BCUT2D eigenvalue weighted by molar-refractivity contribution is -0.141. The number of benzene rings is 6. The second kappa shape index (κ2) is 44.8. The van der Waals surface area contributed by atoms with Crippen LogP contribution in [0.3, 0.4) is 0 Å². The molecule has 0 radical (unpaired) electrons. The highest BCUT2D eigenvalue weighted by atomic mass is 35.5. The maximum Gasteiger partial charge on any atom is 0.325 e. The van der Waals surface area contributed by atoms with Gasteiger partial charge in [-0.05, 0) is 159 Å². The predicted octanol–water partition coefficient (Wildman–Crippen LogP) is 11.2. The lowest BCUT2D eigenvalue weighted by Crippen LogP contribution is -2.41. The molecule has 3 atom stereocenters. The monoisotopic (exact) mass is 1630 g/mol. The van der Waals surface area contributed by atoms with Crippen molar-refractivity contribution in [3.05, 3.63) is 179 Å². The fraction of sp³-hybridized carbons (Fsp3) is 0.365. The average molecular weight is 1630 g/mol. The second-order valence-electron chi connectivity index (χ2n) is 28.0. The van der Waals surface area contributed by atoms with Crippen molar-refractivity contribution in [3.63, 3.8) is 0 Å². The number of halogens is 2. The third-order valence-electron chi connectivity index (χ3n) is 17.8. The van der Waals surface area contributed by atoms with Gasteiger partial charge in [-0.15, -0.1) is 0 Å². The largest absolute Gasteiger partial charge is 0.496 e. The number of rotatable bonds is 36. The molecule has 6 amide bonds. The number of carbonyl (C=O) groups is 9. The fourth-order valence-electron chi connectivity index (χ4n) is 12.4. The summed E-state index contributed by atoms with van der Waals surface area (Å²) in [6, 6.07) is 40.1. The minimum absolute atomic E-state index is 0.00672. The summed E-state index contributed by atoms with van der Waals surface area (Å²) < 4.78 is 65.7. The van der Waals surface area contributed by atoms with Gasteiger partial charge in [0, 0.05) is 42.4 Å². The average Bonchev–Trinajstić information content (AvgIpc) is 1.66. The fourth-order valence-corrected chi connectivity index (χ4v) is 12.6. The number of methoxy groups -OCH3 is 9. The zero-order chi connectivity index (χ0) is 85.6. The molecule has 0 fully saturated rings. The third kappa shape index (κ3) is 26.4. The van der Waals surface area contributed by atoms with Gasteiger partial charge in [0.05, 0.1) is 115 Å². The molecule has 0 saturated heterocycles. The maximum absolute atomic E-state index is 13.7. The molecule has 32 heteroatoms. The van der Waals surface area contributed by atoms with Gasteiger partial charge in [0.25, 0.3) is 17.7 Å². The Balaban J connectivity index is 0.000000242. The van der Waals surface area contributed by atoms with Gasteiger partial charge in [0.1, 0.15) is 59.9 Å². The van der Waals surface area contributed by atoms with Crippen LogP contribution in [0.25, 0.3) is 50.8 Å². The first-order chi connectivity index (χ1) is 56.0. The number of hydrogen-bond acceptors (Lipinski definition) is 21. The lowest BCUT2D eigenvalue weighted by Gasteiger charge is -2.19. The number of ether oxygens (including phenoxy) is 9. The molecule has 117 heavy (non-hydrogen) atoms. The Morgan fingerprint density at radius 3 is 0.863 bits per heavy atom. The second-order valence-corrected chi connectivity index (χ2v) is 28.4. The third-order valence-corrected chi connectivity index (χ3v) is 18.1. The summed E-state index contributed by atoms with van der Waals surface area (Å²) in [6.45, 7) is 13.2. The summed E-state index contributed by atoms with van der Waals surface area (Å²) in [4.78, 5) is 112. The highest BCUT2D eigenvalue weighted by Crippen LogP contribution is 2.43. The zero-order valence-electron chi connectivity index (χ0n) is 68.5. The first-order valence-corrected chi connectivity index (χ1v) is 37.8. The Morgan fingerprint density at radius 2 is 0.624 bits per heavy atom. The van der Waals surface area contributed by atoms with E-state index >= 15 is 0 Å². The maximum atomic E-state index is 13.7. The highest BCUT2D eigenvalue weighted by molar-refractivity contribution is 6.30. The molecule has 0 aliphatic heterocycles. The van der Waals surface area contributed by atoms with E-state index in [9.17, 15) is 47.5 Å². The van der Waals surface area contributed by atoms with Crippen LogP contribution < -0.4 is 60.3 Å². The van der Waals surface area contributed by atoms with E-state index in [-0.39, 0.29) is 85.5 Å². The number of nitrogens with one attached hydrogen (secondary N) is 6. The van der Waals surface area contributed by atoms with E-state index in [1.54, 1.807) is 129 Å². The van der Waals surface area contributed by atoms with Crippen LogP contribution in [0.1, 0.15) is 117 Å². The van der Waals surface area contributed by atoms with Gasteiger partial charge in [-0.2, -0.15) is 15.3 Å². The van der Waals surface area contributed by atoms with Crippen LogP contribution in [-0.4, -0.2) is 184 Å². The van der Waals surface area contributed by atoms with Crippen LogP contribution in [0, 0.1) is 30.5 Å². The van der Waals surface area contributed by atoms with Gasteiger partial charge in [0.15, 0.2) is 17.1 Å². The van der Waals surface area contributed by atoms with Crippen molar-refractivity contribution in [2.24, 2.45) is 17.8 Å². The van der Waals surface area contributed by atoms with Crippen molar-refractivity contribution in [1.82, 2.24) is 61.2 Å². The summed E-state index contributed by atoms with van der Waals surface area (Å²) in [7, 11) is 13.0. The zero-order valence-corrected chi connectivity index (χ0v) is 69.2. The molecule has 6 aromatic carbocycles. The molecule has 3 heterocycles. The minimum atomic E-state index is -0.571. The molecule has 0 aliphatic carbocycles. The van der Waals surface area contributed by atoms with Crippen LogP contribution in [0.2, 0.25) is 5.02 Å². The Morgan fingerprint density at radius 1 is 0.376 bits per heavy atom. The van der Waals surface area contributed by atoms with Gasteiger partial charge >= 0.3 is 17.9 Å². The van der Waals surface area contributed by atoms with Crippen LogP contribution in [0.15, 0.2) is 146 Å². The molecule has 0 unspecified atom stereocenters. The van der Waals surface area contributed by atoms with Gasteiger partial charge in [0.2, 0.25) is 17.7 Å². The van der Waals surface area contributed by atoms with Crippen molar-refractivity contribution in [3.8, 4) is 85.3 Å². The van der Waals surface area contributed by atoms with E-state index in [1.165, 1.54) is 52.4 Å². The van der Waals surface area contributed by atoms with E-state index in [1.807, 2.05) is 90.9 Å². The van der Waals surface area contributed by atoms with Crippen molar-refractivity contribution < 1.29 is 90.2 Å². The van der Waals surface area contributed by atoms with Crippen LogP contribution >= 0.6 is 11.6 Å². The Labute approximate surface area is 684 Å². The van der Waals surface area contributed by atoms with Crippen molar-refractivity contribution in [2.75, 3.05) is 83.6 Å². The minimum Gasteiger partial charge on any atom is -0.496 e. The van der Waals surface area contributed by atoms with Gasteiger partial charge in [-0.1, -0.05) is 89.0 Å². The topological polar surface area (TPSA) is 362 Å². The number of aryl methyl sites for hydroxylation is 1. The molecule has 3 aromatic heterocycles. The summed E-state index contributed by atoms with van der Waals surface area (Å²) in [6.07, 6.45) is 1.58. The van der Waals surface area contributed by atoms with Crippen molar-refractivity contribution in [2.45, 2.75) is 105 Å². The number of esters is 3. The smallest absolute Gasteiger partial charge is 0.325 e. The Bertz CT molecular complexity index is 4330. The Kier molecular flexibility index (Phi) is 35.0. The molecule has 0 spiro atoms. The molecule has 0 bridgehead atoms. The van der Waals surface area contributed by atoms with Crippen LogP contribution in [0.5, 0.6) is 34.5 Å². The van der Waals surface area contributed by atoms with E-state index < -0.39 is 65.5 Å². The molecule has 30 nitrogen and oxygen atoms in total. The number of hydrogen-bond donors (Lipinski definition) is 6.